The number of nitrogens with zero attached hydrogens (tertiary/aromatic N) is 2. The van der Waals surface area contributed by atoms with Crippen LogP contribution >= 0.6 is 0 Å². The molecular formula is C18H18N2O4. The zero-order valence-corrected chi connectivity index (χ0v) is 13.8. The largest absolute Gasteiger partial charge is 0.497 e. The number of aromatic nitrogens is 2. The molecular weight excluding hydrogens is 308 g/mol. The molecule has 6 heteroatoms. The van der Waals surface area contributed by atoms with Crippen molar-refractivity contribution in [1.29, 1.82) is 0 Å². The monoisotopic (exact) mass is 326 g/mol. The smallest absolute Gasteiger partial charge is 0.248 e. The molecule has 0 atom stereocenters. The molecule has 0 aliphatic heterocycles. The zero-order chi connectivity index (χ0) is 16.9. The maximum Gasteiger partial charge on any atom is 0.248 e. The van der Waals surface area contributed by atoms with Gasteiger partial charge in [0.15, 0.2) is 0 Å². The summed E-state index contributed by atoms with van der Waals surface area (Å²) < 4.78 is 21.7. The first-order valence-electron chi connectivity index (χ1n) is 7.41. The third-order valence-corrected chi connectivity index (χ3v) is 3.60. The molecule has 0 radical (unpaired) electrons. The summed E-state index contributed by atoms with van der Waals surface area (Å²) in [6.45, 7) is 0. The predicted molar refractivity (Wildman–Crippen MR) is 88.6 cm³/mol. The Morgan fingerprint density at radius 2 is 1.58 bits per heavy atom. The van der Waals surface area contributed by atoms with E-state index < -0.39 is 0 Å². The summed E-state index contributed by atoms with van der Waals surface area (Å²) >= 11 is 0. The van der Waals surface area contributed by atoms with Crippen molar-refractivity contribution in [3.8, 4) is 28.7 Å². The molecule has 24 heavy (non-hydrogen) atoms. The molecule has 0 unspecified atom stereocenters. The lowest BCUT2D eigenvalue weighted by atomic mass is 10.1. The van der Waals surface area contributed by atoms with Crippen molar-refractivity contribution in [2.45, 2.75) is 6.42 Å². The highest BCUT2D eigenvalue weighted by Crippen LogP contribution is 2.29. The fourth-order valence-electron chi connectivity index (χ4n) is 2.38. The van der Waals surface area contributed by atoms with Gasteiger partial charge in [-0.3, -0.25) is 0 Å². The zero-order valence-electron chi connectivity index (χ0n) is 13.8. The molecule has 0 bridgehead atoms. The van der Waals surface area contributed by atoms with Crippen LogP contribution in [0.3, 0.4) is 0 Å². The molecule has 1 aromatic heterocycles. The number of methoxy groups -OCH3 is 3. The van der Waals surface area contributed by atoms with E-state index in [-0.39, 0.29) is 0 Å². The van der Waals surface area contributed by atoms with E-state index in [1.54, 1.807) is 27.4 Å². The third-order valence-electron chi connectivity index (χ3n) is 3.60. The van der Waals surface area contributed by atoms with Crippen LogP contribution in [0.25, 0.3) is 11.5 Å². The van der Waals surface area contributed by atoms with Gasteiger partial charge in [0, 0.05) is 17.2 Å². The summed E-state index contributed by atoms with van der Waals surface area (Å²) in [7, 11) is 4.83. The molecule has 0 aliphatic rings. The van der Waals surface area contributed by atoms with E-state index in [1.165, 1.54) is 0 Å². The Morgan fingerprint density at radius 3 is 2.25 bits per heavy atom. The predicted octanol–water partition coefficient (Wildman–Crippen LogP) is 3.35. The Bertz CT molecular complexity index is 807. The topological polar surface area (TPSA) is 66.6 Å². The van der Waals surface area contributed by atoms with Gasteiger partial charge in [0.05, 0.1) is 27.8 Å². The first kappa shape index (κ1) is 15.9. The van der Waals surface area contributed by atoms with Crippen LogP contribution in [0.4, 0.5) is 0 Å². The fourth-order valence-corrected chi connectivity index (χ4v) is 2.38. The minimum absolute atomic E-state index is 0.414. The minimum atomic E-state index is 0.414. The summed E-state index contributed by atoms with van der Waals surface area (Å²) in [5.74, 6) is 3.04. The van der Waals surface area contributed by atoms with E-state index in [1.807, 2.05) is 36.4 Å². The van der Waals surface area contributed by atoms with Crippen molar-refractivity contribution in [2.75, 3.05) is 21.3 Å². The van der Waals surface area contributed by atoms with Gasteiger partial charge in [0.1, 0.15) is 17.2 Å². The van der Waals surface area contributed by atoms with E-state index in [2.05, 4.69) is 10.2 Å². The van der Waals surface area contributed by atoms with Crippen LogP contribution in [-0.4, -0.2) is 31.5 Å². The van der Waals surface area contributed by atoms with Gasteiger partial charge in [-0.2, -0.15) is 0 Å². The second-order valence-electron chi connectivity index (χ2n) is 5.09. The van der Waals surface area contributed by atoms with Gasteiger partial charge in [-0.25, -0.2) is 0 Å². The molecule has 0 N–H and O–H groups in total. The Hall–Kier alpha value is -3.02. The standard InChI is InChI=1S/C18H18N2O4/c1-21-14-8-13(9-15(11-14)22-2)18-20-19-17(24-18)10-12-6-4-5-7-16(12)23-3/h4-9,11H,10H2,1-3H3. The first-order chi connectivity index (χ1) is 11.7. The number of para-hydroxylation sites is 1. The molecule has 0 saturated heterocycles. The number of hydrogen-bond acceptors (Lipinski definition) is 6. The van der Waals surface area contributed by atoms with E-state index >= 15 is 0 Å². The molecule has 0 amide bonds. The molecule has 2 aromatic carbocycles. The van der Waals surface area contributed by atoms with Crippen LogP contribution in [0, 0.1) is 0 Å². The van der Waals surface area contributed by atoms with Crippen LogP contribution in [0.2, 0.25) is 0 Å². The van der Waals surface area contributed by atoms with Crippen LogP contribution in [-0.2, 0) is 6.42 Å². The summed E-state index contributed by atoms with van der Waals surface area (Å²) in [5, 5.41) is 8.24. The van der Waals surface area contributed by atoms with Crippen molar-refractivity contribution in [3.05, 3.63) is 53.9 Å². The van der Waals surface area contributed by atoms with Gasteiger partial charge >= 0.3 is 0 Å². The molecule has 0 aliphatic carbocycles. The highest BCUT2D eigenvalue weighted by atomic mass is 16.5. The summed E-state index contributed by atoms with van der Waals surface area (Å²) in [6.07, 6.45) is 0.498. The van der Waals surface area contributed by atoms with E-state index in [0.29, 0.717) is 29.7 Å². The second kappa shape index (κ2) is 7.04. The maximum atomic E-state index is 5.78. The highest BCUT2D eigenvalue weighted by Gasteiger charge is 2.13. The van der Waals surface area contributed by atoms with Gasteiger partial charge in [-0.15, -0.1) is 10.2 Å². The van der Waals surface area contributed by atoms with Crippen LogP contribution in [0.1, 0.15) is 11.5 Å². The molecule has 0 saturated carbocycles. The third kappa shape index (κ3) is 3.32. The van der Waals surface area contributed by atoms with Gasteiger partial charge in [0.2, 0.25) is 11.8 Å². The fraction of sp³-hybridized carbons (Fsp3) is 0.222. The van der Waals surface area contributed by atoms with Crippen LogP contribution in [0.15, 0.2) is 46.9 Å². The lowest BCUT2D eigenvalue weighted by Gasteiger charge is -2.06. The Balaban J connectivity index is 1.88. The normalized spacial score (nSPS) is 10.5. The van der Waals surface area contributed by atoms with Crippen molar-refractivity contribution in [2.24, 2.45) is 0 Å². The first-order valence-corrected chi connectivity index (χ1v) is 7.41. The lowest BCUT2D eigenvalue weighted by molar-refractivity contribution is 0.394. The Labute approximate surface area is 140 Å². The molecule has 1 heterocycles. The van der Waals surface area contributed by atoms with E-state index in [9.17, 15) is 0 Å². The van der Waals surface area contributed by atoms with Gasteiger partial charge in [-0.05, 0) is 18.2 Å². The van der Waals surface area contributed by atoms with Crippen LogP contribution < -0.4 is 14.2 Å². The van der Waals surface area contributed by atoms with Gasteiger partial charge in [0.25, 0.3) is 0 Å². The van der Waals surface area contributed by atoms with Crippen molar-refractivity contribution >= 4 is 0 Å². The van der Waals surface area contributed by atoms with E-state index in [0.717, 1.165) is 16.9 Å². The Morgan fingerprint density at radius 1 is 0.875 bits per heavy atom. The molecule has 3 aromatic rings. The maximum absolute atomic E-state index is 5.78. The second-order valence-corrected chi connectivity index (χ2v) is 5.09. The van der Waals surface area contributed by atoms with Crippen molar-refractivity contribution in [1.82, 2.24) is 10.2 Å². The number of benzene rings is 2. The lowest BCUT2D eigenvalue weighted by Crippen LogP contribution is -1.93. The number of hydrogen-bond donors (Lipinski definition) is 0. The SMILES string of the molecule is COc1cc(OC)cc(-c2nnc(Cc3ccccc3OC)o2)c1. The van der Waals surface area contributed by atoms with Crippen LogP contribution in [0.5, 0.6) is 17.2 Å². The summed E-state index contributed by atoms with van der Waals surface area (Å²) in [4.78, 5) is 0. The van der Waals surface area contributed by atoms with Crippen molar-refractivity contribution in [3.63, 3.8) is 0 Å². The van der Waals surface area contributed by atoms with E-state index in [4.69, 9.17) is 18.6 Å². The summed E-state index contributed by atoms with van der Waals surface area (Å²) in [6, 6.07) is 13.2. The number of rotatable bonds is 6. The quantitative estimate of drug-likeness (QED) is 0.692. The van der Waals surface area contributed by atoms with Crippen molar-refractivity contribution < 1.29 is 18.6 Å². The van der Waals surface area contributed by atoms with Gasteiger partial charge < -0.3 is 18.6 Å². The highest BCUT2D eigenvalue weighted by molar-refractivity contribution is 5.59. The molecule has 124 valence electrons. The molecule has 3 rings (SSSR count). The minimum Gasteiger partial charge on any atom is -0.497 e. The summed E-state index contributed by atoms with van der Waals surface area (Å²) in [5.41, 5.74) is 1.73. The molecule has 0 spiro atoms. The van der Waals surface area contributed by atoms with Gasteiger partial charge in [-0.1, -0.05) is 18.2 Å². The Kier molecular flexibility index (Phi) is 4.65. The average molecular weight is 326 g/mol. The molecule has 0 fully saturated rings. The average Bonchev–Trinajstić information content (AvgIpc) is 3.10. The number of ether oxygens (including phenoxy) is 3. The molecule has 6 nitrogen and oxygen atoms in total.